The van der Waals surface area contributed by atoms with Gasteiger partial charge >= 0.3 is 0 Å². The van der Waals surface area contributed by atoms with E-state index in [4.69, 9.17) is 22.6 Å². The Morgan fingerprint density at radius 1 is 1.29 bits per heavy atom. The molecule has 0 radical (unpaired) electrons. The zero-order valence-corrected chi connectivity index (χ0v) is 12.0. The Labute approximate surface area is 128 Å². The minimum absolute atomic E-state index is 0.314. The molecule has 0 aliphatic heterocycles. The highest BCUT2D eigenvalue weighted by atomic mass is 35.5. The Kier molecular flexibility index (Phi) is 4.94. The molecule has 0 aromatic heterocycles. The van der Waals surface area contributed by atoms with Crippen molar-refractivity contribution in [3.05, 3.63) is 64.7 Å². The lowest BCUT2D eigenvalue weighted by molar-refractivity contribution is -0.117. The van der Waals surface area contributed by atoms with Crippen LogP contribution in [0.25, 0.3) is 0 Å². The SMILES string of the molecule is N#Cc1ccc(NC(=O)C(N)Cc2ccccc2)c(Cl)c1. The molecule has 1 unspecified atom stereocenters. The zero-order valence-electron chi connectivity index (χ0n) is 11.2. The van der Waals surface area contributed by atoms with Crippen molar-refractivity contribution >= 4 is 23.2 Å². The van der Waals surface area contributed by atoms with Crippen molar-refractivity contribution in [3.8, 4) is 6.07 Å². The molecular weight excluding hydrogens is 286 g/mol. The standard InChI is InChI=1S/C16H14ClN3O/c17-13-8-12(10-18)6-7-15(13)20-16(21)14(19)9-11-4-2-1-3-5-11/h1-8,14H,9,19H2,(H,20,21). The van der Waals surface area contributed by atoms with E-state index in [2.05, 4.69) is 5.32 Å². The number of anilines is 1. The minimum atomic E-state index is -0.667. The van der Waals surface area contributed by atoms with Crippen LogP contribution in [0, 0.1) is 11.3 Å². The summed E-state index contributed by atoms with van der Waals surface area (Å²) in [5.41, 5.74) is 7.77. The Bertz CT molecular complexity index is 680. The monoisotopic (exact) mass is 299 g/mol. The van der Waals surface area contributed by atoms with E-state index in [1.807, 2.05) is 36.4 Å². The van der Waals surface area contributed by atoms with Gasteiger partial charge in [-0.05, 0) is 30.2 Å². The van der Waals surface area contributed by atoms with Gasteiger partial charge in [-0.3, -0.25) is 4.79 Å². The van der Waals surface area contributed by atoms with Crippen molar-refractivity contribution in [2.75, 3.05) is 5.32 Å². The highest BCUT2D eigenvalue weighted by Gasteiger charge is 2.15. The molecule has 4 nitrogen and oxygen atoms in total. The molecule has 2 aromatic rings. The van der Waals surface area contributed by atoms with E-state index in [-0.39, 0.29) is 5.91 Å². The van der Waals surface area contributed by atoms with E-state index < -0.39 is 6.04 Å². The number of rotatable bonds is 4. The molecule has 5 heteroatoms. The van der Waals surface area contributed by atoms with Crippen molar-refractivity contribution in [1.29, 1.82) is 5.26 Å². The van der Waals surface area contributed by atoms with Crippen LogP contribution in [0.1, 0.15) is 11.1 Å². The number of hydrogen-bond donors (Lipinski definition) is 2. The lowest BCUT2D eigenvalue weighted by Crippen LogP contribution is -2.37. The van der Waals surface area contributed by atoms with Crippen LogP contribution in [0.5, 0.6) is 0 Å². The van der Waals surface area contributed by atoms with Gasteiger partial charge in [0.25, 0.3) is 0 Å². The first-order valence-corrected chi connectivity index (χ1v) is 6.78. The second-order valence-corrected chi connectivity index (χ2v) is 5.00. The van der Waals surface area contributed by atoms with E-state index in [0.717, 1.165) is 5.56 Å². The van der Waals surface area contributed by atoms with Crippen molar-refractivity contribution in [1.82, 2.24) is 0 Å². The van der Waals surface area contributed by atoms with Crippen LogP contribution in [-0.4, -0.2) is 11.9 Å². The summed E-state index contributed by atoms with van der Waals surface area (Å²) < 4.78 is 0. The molecule has 0 bridgehead atoms. The fourth-order valence-corrected chi connectivity index (χ4v) is 2.10. The average molecular weight is 300 g/mol. The van der Waals surface area contributed by atoms with Gasteiger partial charge in [0.15, 0.2) is 0 Å². The number of benzene rings is 2. The number of nitriles is 1. The van der Waals surface area contributed by atoms with E-state index in [9.17, 15) is 4.79 Å². The molecule has 106 valence electrons. The minimum Gasteiger partial charge on any atom is -0.323 e. The molecule has 0 fully saturated rings. The maximum absolute atomic E-state index is 12.1. The number of nitrogens with two attached hydrogens (primary N) is 1. The first-order valence-electron chi connectivity index (χ1n) is 6.40. The normalized spacial score (nSPS) is 11.5. The maximum Gasteiger partial charge on any atom is 0.241 e. The number of amides is 1. The van der Waals surface area contributed by atoms with E-state index in [1.54, 1.807) is 12.1 Å². The molecule has 1 atom stereocenters. The summed E-state index contributed by atoms with van der Waals surface area (Å²) in [7, 11) is 0. The molecule has 1 amide bonds. The van der Waals surface area contributed by atoms with Gasteiger partial charge in [-0.2, -0.15) is 5.26 Å². The molecule has 3 N–H and O–H groups in total. The summed E-state index contributed by atoms with van der Waals surface area (Å²) in [6.45, 7) is 0. The number of hydrogen-bond acceptors (Lipinski definition) is 3. The van der Waals surface area contributed by atoms with Crippen molar-refractivity contribution in [2.45, 2.75) is 12.5 Å². The third-order valence-corrected chi connectivity index (χ3v) is 3.30. The highest BCUT2D eigenvalue weighted by Crippen LogP contribution is 2.22. The Morgan fingerprint density at radius 2 is 2.00 bits per heavy atom. The van der Waals surface area contributed by atoms with Crippen LogP contribution >= 0.6 is 11.6 Å². The van der Waals surface area contributed by atoms with E-state index >= 15 is 0 Å². The van der Waals surface area contributed by atoms with Gasteiger partial charge in [0.05, 0.1) is 28.4 Å². The molecule has 0 aliphatic rings. The predicted molar refractivity (Wildman–Crippen MR) is 82.9 cm³/mol. The lowest BCUT2D eigenvalue weighted by Gasteiger charge is -2.13. The van der Waals surface area contributed by atoms with E-state index in [1.165, 1.54) is 6.07 Å². The van der Waals surface area contributed by atoms with Crippen molar-refractivity contribution in [2.24, 2.45) is 5.73 Å². The van der Waals surface area contributed by atoms with Crippen LogP contribution < -0.4 is 11.1 Å². The first kappa shape index (κ1) is 15.0. The highest BCUT2D eigenvalue weighted by molar-refractivity contribution is 6.33. The van der Waals surface area contributed by atoms with Crippen LogP contribution in [0.15, 0.2) is 48.5 Å². The second kappa shape index (κ2) is 6.89. The van der Waals surface area contributed by atoms with Crippen LogP contribution in [0.3, 0.4) is 0 Å². The Balaban J connectivity index is 2.03. The average Bonchev–Trinajstić information content (AvgIpc) is 2.50. The largest absolute Gasteiger partial charge is 0.323 e. The van der Waals surface area contributed by atoms with Crippen LogP contribution in [0.2, 0.25) is 5.02 Å². The topological polar surface area (TPSA) is 78.9 Å². The maximum atomic E-state index is 12.1. The third-order valence-electron chi connectivity index (χ3n) is 2.99. The van der Waals surface area contributed by atoms with Gasteiger partial charge in [-0.15, -0.1) is 0 Å². The Hall–Kier alpha value is -2.35. The molecule has 0 aliphatic carbocycles. The summed E-state index contributed by atoms with van der Waals surface area (Å²) >= 11 is 6.01. The molecular formula is C16H14ClN3O. The summed E-state index contributed by atoms with van der Waals surface area (Å²) in [6.07, 6.45) is 0.445. The van der Waals surface area contributed by atoms with Gasteiger partial charge in [0, 0.05) is 0 Å². The molecule has 0 spiro atoms. The predicted octanol–water partition coefficient (Wildman–Crippen LogP) is 2.72. The van der Waals surface area contributed by atoms with E-state index in [0.29, 0.717) is 22.7 Å². The fraction of sp³-hybridized carbons (Fsp3) is 0.125. The number of nitrogens with zero attached hydrogens (tertiary/aromatic N) is 1. The van der Waals surface area contributed by atoms with Gasteiger partial charge in [0.1, 0.15) is 0 Å². The molecule has 0 saturated carbocycles. The van der Waals surface area contributed by atoms with Crippen LogP contribution in [-0.2, 0) is 11.2 Å². The second-order valence-electron chi connectivity index (χ2n) is 4.59. The van der Waals surface area contributed by atoms with Gasteiger partial charge in [-0.1, -0.05) is 41.9 Å². The smallest absolute Gasteiger partial charge is 0.241 e. The number of halogens is 1. The molecule has 0 heterocycles. The number of carbonyl (C=O) groups excluding carboxylic acids is 1. The van der Waals surface area contributed by atoms with Crippen LogP contribution in [0.4, 0.5) is 5.69 Å². The van der Waals surface area contributed by atoms with Crippen molar-refractivity contribution < 1.29 is 4.79 Å². The number of carbonyl (C=O) groups is 1. The third kappa shape index (κ3) is 4.06. The summed E-state index contributed by atoms with van der Waals surface area (Å²) in [4.78, 5) is 12.1. The lowest BCUT2D eigenvalue weighted by atomic mass is 10.1. The quantitative estimate of drug-likeness (QED) is 0.911. The fourth-order valence-electron chi connectivity index (χ4n) is 1.87. The van der Waals surface area contributed by atoms with Gasteiger partial charge in [0.2, 0.25) is 5.91 Å². The molecule has 2 rings (SSSR count). The molecule has 0 saturated heterocycles. The summed E-state index contributed by atoms with van der Waals surface area (Å²) in [5, 5.41) is 11.8. The number of nitrogens with one attached hydrogen (secondary N) is 1. The summed E-state index contributed by atoms with van der Waals surface area (Å²) in [6, 6.07) is 15.5. The zero-order chi connectivity index (χ0) is 15.2. The summed E-state index contributed by atoms with van der Waals surface area (Å²) in [5.74, 6) is -0.314. The van der Waals surface area contributed by atoms with Gasteiger partial charge in [-0.25, -0.2) is 0 Å². The molecule has 2 aromatic carbocycles. The van der Waals surface area contributed by atoms with Crippen molar-refractivity contribution in [3.63, 3.8) is 0 Å². The molecule has 21 heavy (non-hydrogen) atoms. The van der Waals surface area contributed by atoms with Gasteiger partial charge < -0.3 is 11.1 Å². The first-order chi connectivity index (χ1) is 10.1. The Morgan fingerprint density at radius 3 is 2.62 bits per heavy atom.